The van der Waals surface area contributed by atoms with Crippen LogP contribution in [0, 0.1) is 27.7 Å². The first-order valence-corrected chi connectivity index (χ1v) is 14.3. The monoisotopic (exact) mass is 562 g/mol. The molecule has 1 aromatic heterocycles. The number of hydrazone groups is 1. The average Bonchev–Trinajstić information content (AvgIpc) is 3.18. The van der Waals surface area contributed by atoms with Crippen molar-refractivity contribution in [3.63, 3.8) is 0 Å². The molecule has 4 rings (SSSR count). The second-order valence-electron chi connectivity index (χ2n) is 9.44. The summed E-state index contributed by atoms with van der Waals surface area (Å²) in [5, 5.41) is 4.85. The topological polar surface area (TPSA) is 92.6 Å². The molecule has 0 saturated carbocycles. The number of nitrogens with one attached hydrogen (secondary N) is 2. The maximum absolute atomic E-state index is 13.1. The van der Waals surface area contributed by atoms with E-state index < -0.39 is 22.0 Å². The van der Waals surface area contributed by atoms with Crippen molar-refractivity contribution in [1.29, 1.82) is 0 Å². The van der Waals surface area contributed by atoms with E-state index in [0.29, 0.717) is 10.6 Å². The highest BCUT2D eigenvalue weighted by Gasteiger charge is 2.24. The molecule has 1 amide bonds. The molecule has 0 fully saturated rings. The summed E-state index contributed by atoms with van der Waals surface area (Å²) in [5.74, 6) is -0.425. The summed E-state index contributed by atoms with van der Waals surface area (Å²) in [6.07, 6.45) is 1.46. The zero-order chi connectivity index (χ0) is 28.2. The molecule has 1 heterocycles. The van der Waals surface area contributed by atoms with Crippen molar-refractivity contribution in [2.75, 3.05) is 0 Å². The highest BCUT2D eigenvalue weighted by Crippen LogP contribution is 2.27. The molecule has 0 radical (unpaired) electrons. The summed E-state index contributed by atoms with van der Waals surface area (Å²) in [6.45, 7) is 7.83. The van der Waals surface area contributed by atoms with E-state index in [9.17, 15) is 13.2 Å². The van der Waals surface area contributed by atoms with Crippen LogP contribution in [0.15, 0.2) is 88.9 Å². The van der Waals surface area contributed by atoms with Gasteiger partial charge in [-0.2, -0.15) is 5.10 Å². The zero-order valence-electron chi connectivity index (χ0n) is 22.3. The van der Waals surface area contributed by atoms with Gasteiger partial charge < -0.3 is 4.57 Å². The third-order valence-electron chi connectivity index (χ3n) is 6.56. The fourth-order valence-corrected chi connectivity index (χ4v) is 5.81. The third kappa shape index (κ3) is 6.65. The quantitative estimate of drug-likeness (QED) is 0.196. The number of amides is 1. The number of carbonyl (C=O) groups excluding carboxylic acids is 1. The summed E-state index contributed by atoms with van der Waals surface area (Å²) < 4.78 is 30.9. The summed E-state index contributed by atoms with van der Waals surface area (Å²) in [5.41, 5.74) is 8.91. The Labute approximate surface area is 234 Å². The fraction of sp³-hybridized carbons (Fsp3) is 0.200. The lowest BCUT2D eigenvalue weighted by Gasteiger charge is -2.18. The smallest absolute Gasteiger partial charge is 0.242 e. The number of hydrogen-bond acceptors (Lipinski definition) is 4. The van der Waals surface area contributed by atoms with E-state index in [1.54, 1.807) is 54.7 Å². The van der Waals surface area contributed by atoms with Gasteiger partial charge in [-0.05, 0) is 69.2 Å². The lowest BCUT2D eigenvalue weighted by Crippen LogP contribution is -2.32. The van der Waals surface area contributed by atoms with E-state index in [1.165, 1.54) is 0 Å². The highest BCUT2D eigenvalue weighted by molar-refractivity contribution is 7.89. The molecule has 0 bridgehead atoms. The molecule has 0 spiro atoms. The molecule has 39 heavy (non-hydrogen) atoms. The number of aryl methyl sites for hydroxylation is 2. The Morgan fingerprint density at radius 3 is 2.36 bits per heavy atom. The van der Waals surface area contributed by atoms with Crippen LogP contribution in [0.3, 0.4) is 0 Å². The van der Waals surface area contributed by atoms with Gasteiger partial charge in [-0.25, -0.2) is 18.6 Å². The Morgan fingerprint density at radius 2 is 1.67 bits per heavy atom. The van der Waals surface area contributed by atoms with Crippen LogP contribution in [-0.4, -0.2) is 25.1 Å². The van der Waals surface area contributed by atoms with E-state index in [-0.39, 0.29) is 11.3 Å². The molecule has 0 aliphatic carbocycles. The van der Waals surface area contributed by atoms with Crippen molar-refractivity contribution in [3.8, 4) is 5.69 Å². The molecule has 0 aliphatic rings. The third-order valence-corrected chi connectivity index (χ3v) is 8.46. The Kier molecular flexibility index (Phi) is 8.70. The largest absolute Gasteiger partial charge is 0.318 e. The number of benzene rings is 3. The molecule has 9 heteroatoms. The van der Waals surface area contributed by atoms with Gasteiger partial charge in [-0.1, -0.05) is 65.7 Å². The minimum absolute atomic E-state index is 0.132. The van der Waals surface area contributed by atoms with Crippen LogP contribution in [0.2, 0.25) is 5.02 Å². The lowest BCUT2D eigenvalue weighted by atomic mass is 10.0. The van der Waals surface area contributed by atoms with Crippen LogP contribution in [-0.2, 0) is 14.8 Å². The molecule has 7 nitrogen and oxygen atoms in total. The van der Waals surface area contributed by atoms with Gasteiger partial charge in [0.15, 0.2) is 0 Å². The number of halogens is 1. The molecule has 4 aromatic rings. The molecule has 0 unspecified atom stereocenters. The predicted octanol–water partition coefficient (Wildman–Crippen LogP) is 5.92. The maximum atomic E-state index is 13.1. The number of sulfonamides is 1. The van der Waals surface area contributed by atoms with Crippen molar-refractivity contribution in [2.24, 2.45) is 5.10 Å². The second kappa shape index (κ2) is 12.0. The van der Waals surface area contributed by atoms with E-state index in [4.69, 9.17) is 11.6 Å². The van der Waals surface area contributed by atoms with Crippen molar-refractivity contribution >= 4 is 33.7 Å². The standard InChI is InChI=1S/C30H31ClN4O3S/c1-20-13-15-26(16-14-20)39(37,38)34-28(24-9-6-5-7-10-24)18-30(36)33-32-19-25-17-21(2)35(23(25)4)29-12-8-11-27(31)22(29)3/h5-17,19,28,34H,18H2,1-4H3,(H,33,36)/b32-19-/t28-/m1/s1. The maximum Gasteiger partial charge on any atom is 0.242 e. The number of hydrogen-bond donors (Lipinski definition) is 2. The molecular formula is C30H31ClN4O3S. The molecule has 2 N–H and O–H groups in total. The van der Waals surface area contributed by atoms with Crippen molar-refractivity contribution in [2.45, 2.75) is 45.1 Å². The van der Waals surface area contributed by atoms with Crippen molar-refractivity contribution < 1.29 is 13.2 Å². The first-order valence-electron chi connectivity index (χ1n) is 12.5. The number of aromatic nitrogens is 1. The summed E-state index contributed by atoms with van der Waals surface area (Å²) in [4.78, 5) is 13.0. The molecule has 0 aliphatic heterocycles. The van der Waals surface area contributed by atoms with Crippen LogP contribution in [0.5, 0.6) is 0 Å². The Morgan fingerprint density at radius 1 is 0.974 bits per heavy atom. The van der Waals surface area contributed by atoms with Gasteiger partial charge in [0.1, 0.15) is 0 Å². The summed E-state index contributed by atoms with van der Waals surface area (Å²) in [7, 11) is -3.85. The molecule has 3 aromatic carbocycles. The van der Waals surface area contributed by atoms with Gasteiger partial charge in [0.05, 0.1) is 17.2 Å². The molecular weight excluding hydrogens is 532 g/mol. The Hall–Kier alpha value is -3.72. The van der Waals surface area contributed by atoms with Gasteiger partial charge in [0.25, 0.3) is 0 Å². The average molecular weight is 563 g/mol. The summed E-state index contributed by atoms with van der Waals surface area (Å²) in [6, 6.07) is 22.5. The first-order chi connectivity index (χ1) is 18.6. The van der Waals surface area contributed by atoms with Crippen LogP contribution in [0.4, 0.5) is 0 Å². The zero-order valence-corrected chi connectivity index (χ0v) is 23.8. The molecule has 202 valence electrons. The van der Waals surface area contributed by atoms with Crippen LogP contribution >= 0.6 is 11.6 Å². The van der Waals surface area contributed by atoms with Crippen LogP contribution in [0.1, 0.15) is 46.1 Å². The van der Waals surface area contributed by atoms with Gasteiger partial charge in [-0.15, -0.1) is 0 Å². The SMILES string of the molecule is Cc1ccc(S(=O)(=O)N[C@H](CC(=O)N/N=C\c2cc(C)n(-c3cccc(Cl)c3C)c2C)c2ccccc2)cc1. The number of nitrogens with zero attached hydrogens (tertiary/aromatic N) is 2. The van der Waals surface area contributed by atoms with E-state index in [2.05, 4.69) is 19.8 Å². The first kappa shape index (κ1) is 28.3. The second-order valence-corrected chi connectivity index (χ2v) is 11.6. The molecule has 0 saturated heterocycles. The number of carbonyl (C=O) groups is 1. The normalized spacial score (nSPS) is 12.5. The van der Waals surface area contributed by atoms with E-state index in [0.717, 1.165) is 33.8 Å². The van der Waals surface area contributed by atoms with Crippen molar-refractivity contribution in [3.05, 3.63) is 118 Å². The lowest BCUT2D eigenvalue weighted by molar-refractivity contribution is -0.121. The van der Waals surface area contributed by atoms with E-state index in [1.807, 2.05) is 58.0 Å². The summed E-state index contributed by atoms with van der Waals surface area (Å²) >= 11 is 6.33. The predicted molar refractivity (Wildman–Crippen MR) is 156 cm³/mol. The Bertz CT molecular complexity index is 1610. The minimum atomic E-state index is -3.85. The van der Waals surface area contributed by atoms with Gasteiger partial charge in [0.2, 0.25) is 15.9 Å². The van der Waals surface area contributed by atoms with Gasteiger partial charge in [-0.3, -0.25) is 4.79 Å². The fourth-order valence-electron chi connectivity index (χ4n) is 4.42. The van der Waals surface area contributed by atoms with Crippen LogP contribution in [0.25, 0.3) is 5.69 Å². The van der Waals surface area contributed by atoms with Crippen molar-refractivity contribution in [1.82, 2.24) is 14.7 Å². The van der Waals surface area contributed by atoms with Gasteiger partial charge >= 0.3 is 0 Å². The van der Waals surface area contributed by atoms with E-state index >= 15 is 0 Å². The van der Waals surface area contributed by atoms with Gasteiger partial charge in [0, 0.05) is 34.1 Å². The van der Waals surface area contributed by atoms with Crippen LogP contribution < -0.4 is 10.1 Å². The Balaban J connectivity index is 1.50. The highest BCUT2D eigenvalue weighted by atomic mass is 35.5. The molecule has 1 atom stereocenters. The minimum Gasteiger partial charge on any atom is -0.318 e. The number of rotatable bonds is 9.